The molecule has 1 saturated carbocycles. The molecule has 3 rings (SSSR count). The molecular formula is C18H27FN2O3. The van der Waals surface area contributed by atoms with E-state index in [1.807, 2.05) is 0 Å². The minimum atomic E-state index is -0.515. The van der Waals surface area contributed by atoms with Gasteiger partial charge in [-0.2, -0.15) is 0 Å². The molecule has 24 heavy (non-hydrogen) atoms. The van der Waals surface area contributed by atoms with Gasteiger partial charge < -0.3 is 15.4 Å². The largest absolute Gasteiger partial charge is 0.377 e. The van der Waals surface area contributed by atoms with Crippen molar-refractivity contribution < 1.29 is 18.7 Å². The fourth-order valence-corrected chi connectivity index (χ4v) is 4.22. The standard InChI is InChI=1S/C18H27FN2O3/c19-16(13-3-1-2-4-13)18(23)21-8-5-12(6-9-21)11-15-14(17(20)22)7-10-24-15/h12,14-15H,1-11H2,(H2,20,22)/t14-,15-/m1/s1. The molecule has 0 unspecified atom stereocenters. The molecule has 0 bridgehead atoms. The Morgan fingerprint density at radius 3 is 2.46 bits per heavy atom. The molecule has 3 fully saturated rings. The molecule has 134 valence electrons. The molecule has 3 aliphatic rings. The number of likely N-dealkylation sites (tertiary alicyclic amines) is 1. The van der Waals surface area contributed by atoms with Crippen LogP contribution in [0.2, 0.25) is 0 Å². The van der Waals surface area contributed by atoms with Crippen LogP contribution in [0.25, 0.3) is 0 Å². The summed E-state index contributed by atoms with van der Waals surface area (Å²) >= 11 is 0. The maximum absolute atomic E-state index is 14.3. The Labute approximate surface area is 142 Å². The van der Waals surface area contributed by atoms with Gasteiger partial charge in [-0.3, -0.25) is 9.59 Å². The highest BCUT2D eigenvalue weighted by Crippen LogP contribution is 2.32. The van der Waals surface area contributed by atoms with E-state index in [0.29, 0.717) is 37.6 Å². The van der Waals surface area contributed by atoms with E-state index in [0.717, 1.165) is 44.9 Å². The Kier molecular flexibility index (Phi) is 5.54. The molecule has 0 radical (unpaired) electrons. The molecule has 5 nitrogen and oxygen atoms in total. The third kappa shape index (κ3) is 3.79. The van der Waals surface area contributed by atoms with Crippen molar-refractivity contribution in [2.45, 2.75) is 57.5 Å². The van der Waals surface area contributed by atoms with E-state index in [1.165, 1.54) is 0 Å². The van der Waals surface area contributed by atoms with Gasteiger partial charge in [0, 0.05) is 19.7 Å². The van der Waals surface area contributed by atoms with Crippen molar-refractivity contribution in [3.8, 4) is 0 Å². The maximum atomic E-state index is 14.3. The Bertz CT molecular complexity index is 518. The van der Waals surface area contributed by atoms with Crippen LogP contribution >= 0.6 is 0 Å². The number of nitrogens with two attached hydrogens (primary N) is 1. The summed E-state index contributed by atoms with van der Waals surface area (Å²) in [7, 11) is 0. The van der Waals surface area contributed by atoms with Gasteiger partial charge in [0.1, 0.15) is 0 Å². The second-order valence-electron chi connectivity index (χ2n) is 7.30. The Morgan fingerprint density at radius 1 is 1.17 bits per heavy atom. The smallest absolute Gasteiger partial charge is 0.282 e. The van der Waals surface area contributed by atoms with Crippen LogP contribution in [0.4, 0.5) is 4.39 Å². The molecule has 0 aromatic heterocycles. The van der Waals surface area contributed by atoms with Crippen molar-refractivity contribution in [1.82, 2.24) is 4.90 Å². The van der Waals surface area contributed by atoms with E-state index < -0.39 is 11.7 Å². The highest BCUT2D eigenvalue weighted by atomic mass is 19.1. The van der Waals surface area contributed by atoms with E-state index >= 15 is 0 Å². The number of primary amides is 1. The first kappa shape index (κ1) is 17.4. The molecular weight excluding hydrogens is 311 g/mol. The predicted octanol–water partition coefficient (Wildman–Crippen LogP) is 2.30. The molecule has 2 heterocycles. The van der Waals surface area contributed by atoms with E-state index in [-0.39, 0.29) is 17.9 Å². The van der Waals surface area contributed by atoms with Gasteiger partial charge in [0.15, 0.2) is 5.83 Å². The summed E-state index contributed by atoms with van der Waals surface area (Å²) in [5.41, 5.74) is 6.13. The molecule has 1 aliphatic carbocycles. The number of amides is 2. The van der Waals surface area contributed by atoms with Crippen LogP contribution in [0, 0.1) is 11.8 Å². The molecule has 2 aliphatic heterocycles. The van der Waals surface area contributed by atoms with Gasteiger partial charge >= 0.3 is 0 Å². The van der Waals surface area contributed by atoms with Crippen LogP contribution in [0.15, 0.2) is 11.4 Å². The SMILES string of the molecule is NC(=O)[C@@H]1CCO[C@@H]1CC1CCN(C(=O)C(F)=C2CCCC2)CC1. The number of piperidine rings is 1. The lowest BCUT2D eigenvalue weighted by atomic mass is 9.86. The zero-order valence-electron chi connectivity index (χ0n) is 14.1. The number of allylic oxidation sites excluding steroid dienone is 1. The number of nitrogens with zero attached hydrogens (tertiary/aromatic N) is 1. The molecule has 2 amide bonds. The van der Waals surface area contributed by atoms with Crippen molar-refractivity contribution >= 4 is 11.8 Å². The lowest BCUT2D eigenvalue weighted by molar-refractivity contribution is -0.130. The molecule has 2 N–H and O–H groups in total. The van der Waals surface area contributed by atoms with Gasteiger partial charge in [0.05, 0.1) is 12.0 Å². The molecule has 2 atom stereocenters. The first-order chi connectivity index (χ1) is 11.6. The summed E-state index contributed by atoms with van der Waals surface area (Å²) in [5.74, 6) is -1.01. The zero-order valence-corrected chi connectivity index (χ0v) is 14.1. The molecule has 6 heteroatoms. The first-order valence-corrected chi connectivity index (χ1v) is 9.14. The average molecular weight is 338 g/mol. The van der Waals surface area contributed by atoms with E-state index in [4.69, 9.17) is 10.5 Å². The van der Waals surface area contributed by atoms with Crippen LogP contribution in [0.3, 0.4) is 0 Å². The lowest BCUT2D eigenvalue weighted by Crippen LogP contribution is -2.40. The second kappa shape index (κ2) is 7.64. The quantitative estimate of drug-likeness (QED) is 0.800. The van der Waals surface area contributed by atoms with Crippen molar-refractivity contribution in [3.63, 3.8) is 0 Å². The minimum Gasteiger partial charge on any atom is -0.377 e. The average Bonchev–Trinajstić information content (AvgIpc) is 3.26. The van der Waals surface area contributed by atoms with E-state index in [1.54, 1.807) is 4.90 Å². The number of rotatable bonds is 4. The van der Waals surface area contributed by atoms with Crippen LogP contribution in [-0.4, -0.2) is 42.5 Å². The van der Waals surface area contributed by atoms with Gasteiger partial charge in [-0.25, -0.2) is 4.39 Å². The number of hydrogen-bond acceptors (Lipinski definition) is 3. The van der Waals surface area contributed by atoms with Crippen molar-refractivity contribution in [3.05, 3.63) is 11.4 Å². The number of ether oxygens (including phenoxy) is 1. The van der Waals surface area contributed by atoms with Crippen LogP contribution < -0.4 is 5.73 Å². The summed E-state index contributed by atoms with van der Waals surface area (Å²) in [5, 5.41) is 0. The van der Waals surface area contributed by atoms with Crippen molar-refractivity contribution in [2.75, 3.05) is 19.7 Å². The maximum Gasteiger partial charge on any atom is 0.282 e. The van der Waals surface area contributed by atoms with Gasteiger partial charge in [-0.1, -0.05) is 0 Å². The van der Waals surface area contributed by atoms with Crippen LogP contribution in [0.1, 0.15) is 51.4 Å². The highest BCUT2D eigenvalue weighted by molar-refractivity contribution is 5.92. The predicted molar refractivity (Wildman–Crippen MR) is 87.6 cm³/mol. The van der Waals surface area contributed by atoms with E-state index in [9.17, 15) is 14.0 Å². The number of carbonyl (C=O) groups is 2. The Hall–Kier alpha value is -1.43. The van der Waals surface area contributed by atoms with Gasteiger partial charge in [0.25, 0.3) is 5.91 Å². The van der Waals surface area contributed by atoms with E-state index in [2.05, 4.69) is 0 Å². The zero-order chi connectivity index (χ0) is 17.1. The summed E-state index contributed by atoms with van der Waals surface area (Å²) in [6, 6.07) is 0. The lowest BCUT2D eigenvalue weighted by Gasteiger charge is -2.33. The summed E-state index contributed by atoms with van der Waals surface area (Å²) in [6.45, 7) is 1.75. The third-order valence-electron chi connectivity index (χ3n) is 5.75. The Balaban J connectivity index is 1.50. The monoisotopic (exact) mass is 338 g/mol. The van der Waals surface area contributed by atoms with Gasteiger partial charge in [-0.05, 0) is 62.9 Å². The van der Waals surface area contributed by atoms with Crippen LogP contribution in [0.5, 0.6) is 0 Å². The summed E-state index contributed by atoms with van der Waals surface area (Å²) in [4.78, 5) is 25.4. The normalized spacial score (nSPS) is 28.4. The van der Waals surface area contributed by atoms with Crippen molar-refractivity contribution in [2.24, 2.45) is 17.6 Å². The molecule has 0 aromatic rings. The number of carbonyl (C=O) groups excluding carboxylic acids is 2. The van der Waals surface area contributed by atoms with Crippen LogP contribution in [-0.2, 0) is 14.3 Å². The minimum absolute atomic E-state index is 0.0907. The molecule has 0 spiro atoms. The topological polar surface area (TPSA) is 72.6 Å². The fourth-order valence-electron chi connectivity index (χ4n) is 4.22. The summed E-state index contributed by atoms with van der Waals surface area (Å²) in [6.07, 6.45) is 6.51. The number of hydrogen-bond donors (Lipinski definition) is 1. The highest BCUT2D eigenvalue weighted by Gasteiger charge is 2.35. The first-order valence-electron chi connectivity index (χ1n) is 9.14. The third-order valence-corrected chi connectivity index (χ3v) is 5.75. The summed E-state index contributed by atoms with van der Waals surface area (Å²) < 4.78 is 19.9. The van der Waals surface area contributed by atoms with Gasteiger partial charge in [0.2, 0.25) is 5.91 Å². The second-order valence-corrected chi connectivity index (χ2v) is 7.30. The van der Waals surface area contributed by atoms with Gasteiger partial charge in [-0.15, -0.1) is 0 Å². The number of halogens is 1. The van der Waals surface area contributed by atoms with Crippen molar-refractivity contribution in [1.29, 1.82) is 0 Å². The molecule has 0 aromatic carbocycles. The molecule has 2 saturated heterocycles. The Morgan fingerprint density at radius 2 is 1.83 bits per heavy atom. The fraction of sp³-hybridized carbons (Fsp3) is 0.778.